The van der Waals surface area contributed by atoms with Crippen LogP contribution in [0.2, 0.25) is 0 Å². The van der Waals surface area contributed by atoms with Crippen LogP contribution in [0.3, 0.4) is 0 Å². The fourth-order valence-electron chi connectivity index (χ4n) is 0.859. The lowest BCUT2D eigenvalue weighted by Gasteiger charge is -2.15. The van der Waals surface area contributed by atoms with Gasteiger partial charge in [-0.25, -0.2) is 0 Å². The lowest BCUT2D eigenvalue weighted by molar-refractivity contribution is 0.402. The zero-order valence-electron chi connectivity index (χ0n) is 7.72. The van der Waals surface area contributed by atoms with Crippen LogP contribution in [0.4, 0.5) is 0 Å². The first kappa shape index (κ1) is 9.96. The van der Waals surface area contributed by atoms with E-state index in [1.165, 1.54) is 12.8 Å². The van der Waals surface area contributed by atoms with Crippen LogP contribution < -0.4 is 5.73 Å². The van der Waals surface area contributed by atoms with E-state index in [0.29, 0.717) is 12.0 Å². The Labute approximate surface area is 65.0 Å². The fraction of sp³-hybridized carbons (Fsp3) is 1.00. The maximum absolute atomic E-state index is 5.72. The summed E-state index contributed by atoms with van der Waals surface area (Å²) in [5.74, 6) is 1.50. The van der Waals surface area contributed by atoms with Crippen molar-refractivity contribution in [3.05, 3.63) is 0 Å². The molecule has 0 rings (SSSR count). The van der Waals surface area contributed by atoms with E-state index in [4.69, 9.17) is 5.73 Å². The smallest absolute Gasteiger partial charge is 0.00361 e. The molecule has 0 aliphatic heterocycles. The third-order valence-corrected chi connectivity index (χ3v) is 2.10. The first-order valence-corrected chi connectivity index (χ1v) is 4.29. The van der Waals surface area contributed by atoms with Crippen LogP contribution in [0.25, 0.3) is 0 Å². The Morgan fingerprint density at radius 1 is 1.00 bits per heavy atom. The van der Waals surface area contributed by atoms with E-state index >= 15 is 0 Å². The van der Waals surface area contributed by atoms with Gasteiger partial charge in [-0.3, -0.25) is 0 Å². The van der Waals surface area contributed by atoms with Gasteiger partial charge in [-0.1, -0.05) is 27.2 Å². The summed E-state index contributed by atoms with van der Waals surface area (Å²) in [7, 11) is 0. The van der Waals surface area contributed by atoms with Crippen LogP contribution in [-0.4, -0.2) is 6.04 Å². The van der Waals surface area contributed by atoms with Crippen LogP contribution in [0.15, 0.2) is 0 Å². The van der Waals surface area contributed by atoms with Crippen LogP contribution in [0, 0.1) is 11.8 Å². The molecule has 0 amide bonds. The van der Waals surface area contributed by atoms with Crippen molar-refractivity contribution in [3.63, 3.8) is 0 Å². The number of rotatable bonds is 4. The average molecular weight is 143 g/mol. The maximum atomic E-state index is 5.72. The van der Waals surface area contributed by atoms with Crippen LogP contribution in [-0.2, 0) is 0 Å². The molecule has 0 aromatic heterocycles. The van der Waals surface area contributed by atoms with E-state index in [-0.39, 0.29) is 0 Å². The summed E-state index contributed by atoms with van der Waals surface area (Å²) >= 11 is 0. The van der Waals surface area contributed by atoms with Gasteiger partial charge >= 0.3 is 0 Å². The molecule has 0 aromatic carbocycles. The minimum atomic E-state index is 0.360. The van der Waals surface area contributed by atoms with Gasteiger partial charge in [0.15, 0.2) is 0 Å². The lowest BCUT2D eigenvalue weighted by atomic mass is 9.95. The molecule has 0 heterocycles. The van der Waals surface area contributed by atoms with E-state index in [0.717, 1.165) is 5.92 Å². The molecule has 0 radical (unpaired) electrons. The Morgan fingerprint density at radius 3 is 1.80 bits per heavy atom. The predicted octanol–water partition coefficient (Wildman–Crippen LogP) is 2.41. The summed E-state index contributed by atoms with van der Waals surface area (Å²) in [6, 6.07) is 0.360. The molecular weight excluding hydrogens is 122 g/mol. The molecule has 1 heteroatoms. The summed E-state index contributed by atoms with van der Waals surface area (Å²) < 4.78 is 0. The van der Waals surface area contributed by atoms with Crippen molar-refractivity contribution < 1.29 is 0 Å². The zero-order valence-corrected chi connectivity index (χ0v) is 7.72. The molecular formula is C9H21N. The normalized spacial score (nSPS) is 17.4. The summed E-state index contributed by atoms with van der Waals surface area (Å²) in [5, 5.41) is 0. The lowest BCUT2D eigenvalue weighted by Crippen LogP contribution is -2.24. The molecule has 2 atom stereocenters. The van der Waals surface area contributed by atoms with Crippen LogP contribution >= 0.6 is 0 Å². The van der Waals surface area contributed by atoms with Gasteiger partial charge in [-0.15, -0.1) is 0 Å². The van der Waals surface area contributed by atoms with Gasteiger partial charge in [0, 0.05) is 6.04 Å². The average Bonchev–Trinajstić information content (AvgIpc) is 1.82. The molecule has 0 saturated heterocycles. The molecule has 0 aliphatic rings. The Hall–Kier alpha value is -0.0400. The van der Waals surface area contributed by atoms with Crippen molar-refractivity contribution in [2.24, 2.45) is 17.6 Å². The van der Waals surface area contributed by atoms with Crippen LogP contribution in [0.1, 0.15) is 40.5 Å². The van der Waals surface area contributed by atoms with E-state index in [9.17, 15) is 0 Å². The van der Waals surface area contributed by atoms with E-state index < -0.39 is 0 Å². The summed E-state index contributed by atoms with van der Waals surface area (Å²) in [6.45, 7) is 8.83. The fourth-order valence-corrected chi connectivity index (χ4v) is 0.859. The third-order valence-electron chi connectivity index (χ3n) is 2.10. The zero-order chi connectivity index (χ0) is 8.15. The molecule has 0 spiro atoms. The monoisotopic (exact) mass is 143 g/mol. The second-order valence-corrected chi connectivity index (χ2v) is 3.81. The van der Waals surface area contributed by atoms with Crippen molar-refractivity contribution in [2.45, 2.75) is 46.6 Å². The molecule has 0 fully saturated rings. The Morgan fingerprint density at radius 2 is 1.50 bits per heavy atom. The second-order valence-electron chi connectivity index (χ2n) is 3.81. The van der Waals surface area contributed by atoms with Gasteiger partial charge in [0.1, 0.15) is 0 Å². The minimum Gasteiger partial charge on any atom is -0.328 e. The second kappa shape index (κ2) is 4.73. The third kappa shape index (κ3) is 4.80. The number of hydrogen-bond donors (Lipinski definition) is 1. The van der Waals surface area contributed by atoms with E-state index in [1.54, 1.807) is 0 Å². The Bertz CT molecular complexity index is 76.8. The standard InChI is InChI=1S/C9H21N/c1-7(2)5-6-8(3)9(4)10/h7-9H,5-6,10H2,1-4H3. The van der Waals surface area contributed by atoms with Crippen LogP contribution in [0.5, 0.6) is 0 Å². The van der Waals surface area contributed by atoms with Crippen molar-refractivity contribution in [3.8, 4) is 0 Å². The Kier molecular flexibility index (Phi) is 4.71. The van der Waals surface area contributed by atoms with Crippen molar-refractivity contribution in [2.75, 3.05) is 0 Å². The quantitative estimate of drug-likeness (QED) is 0.642. The highest BCUT2D eigenvalue weighted by Gasteiger charge is 2.07. The SMILES string of the molecule is CC(C)CCC(C)C(C)N. The summed E-state index contributed by atoms with van der Waals surface area (Å²) in [6.07, 6.45) is 2.58. The molecule has 10 heavy (non-hydrogen) atoms. The molecule has 0 aromatic rings. The summed E-state index contributed by atoms with van der Waals surface area (Å²) in [5.41, 5.74) is 5.72. The van der Waals surface area contributed by atoms with Gasteiger partial charge < -0.3 is 5.73 Å². The summed E-state index contributed by atoms with van der Waals surface area (Å²) in [4.78, 5) is 0. The van der Waals surface area contributed by atoms with Gasteiger partial charge in [0.05, 0.1) is 0 Å². The Balaban J connectivity index is 3.30. The highest BCUT2D eigenvalue weighted by atomic mass is 14.6. The molecule has 0 saturated carbocycles. The topological polar surface area (TPSA) is 26.0 Å². The van der Waals surface area contributed by atoms with Gasteiger partial charge in [0.2, 0.25) is 0 Å². The highest BCUT2D eigenvalue weighted by Crippen LogP contribution is 2.13. The van der Waals surface area contributed by atoms with Crippen molar-refractivity contribution in [1.29, 1.82) is 0 Å². The maximum Gasteiger partial charge on any atom is 0.00361 e. The predicted molar refractivity (Wildman–Crippen MR) is 46.9 cm³/mol. The molecule has 0 bridgehead atoms. The minimum absolute atomic E-state index is 0.360. The number of nitrogens with two attached hydrogens (primary N) is 1. The largest absolute Gasteiger partial charge is 0.328 e. The van der Waals surface area contributed by atoms with E-state index in [2.05, 4.69) is 27.7 Å². The first-order chi connectivity index (χ1) is 4.54. The highest BCUT2D eigenvalue weighted by molar-refractivity contribution is 4.63. The van der Waals surface area contributed by atoms with Gasteiger partial charge in [-0.2, -0.15) is 0 Å². The van der Waals surface area contributed by atoms with E-state index in [1.807, 2.05) is 0 Å². The molecule has 1 nitrogen and oxygen atoms in total. The molecule has 62 valence electrons. The molecule has 0 aliphatic carbocycles. The first-order valence-electron chi connectivity index (χ1n) is 4.29. The molecule has 2 unspecified atom stereocenters. The number of hydrogen-bond acceptors (Lipinski definition) is 1. The van der Waals surface area contributed by atoms with Gasteiger partial charge in [-0.05, 0) is 25.2 Å². The van der Waals surface area contributed by atoms with Gasteiger partial charge in [0.25, 0.3) is 0 Å². The van der Waals surface area contributed by atoms with Crippen molar-refractivity contribution in [1.82, 2.24) is 0 Å². The van der Waals surface area contributed by atoms with Crippen molar-refractivity contribution >= 4 is 0 Å². The molecule has 2 N–H and O–H groups in total.